The highest BCUT2D eigenvalue weighted by Gasteiger charge is 2.41. The summed E-state index contributed by atoms with van der Waals surface area (Å²) in [7, 11) is 0. The third kappa shape index (κ3) is 3.16. The molecular weight excluding hydrogens is 280 g/mol. The van der Waals surface area contributed by atoms with E-state index in [0.29, 0.717) is 13.2 Å². The molecule has 3 rings (SSSR count). The Morgan fingerprint density at radius 1 is 1.23 bits per heavy atom. The number of aryl methyl sites for hydroxylation is 1. The van der Waals surface area contributed by atoms with Crippen LogP contribution in [0.2, 0.25) is 0 Å². The molecule has 0 saturated carbocycles. The number of hydrogen-bond donors (Lipinski definition) is 1. The number of carbonyl (C=O) groups excluding carboxylic acids is 1. The predicted molar refractivity (Wildman–Crippen MR) is 84.7 cm³/mol. The molecule has 1 spiro atoms. The Bertz CT molecular complexity index is 530. The van der Waals surface area contributed by atoms with Gasteiger partial charge in [-0.25, -0.2) is 0 Å². The Hall–Kier alpha value is -1.43. The zero-order chi connectivity index (χ0) is 15.6. The third-order valence-electron chi connectivity index (χ3n) is 4.70. The number of amides is 1. The van der Waals surface area contributed by atoms with Gasteiger partial charge in [-0.2, -0.15) is 0 Å². The summed E-state index contributed by atoms with van der Waals surface area (Å²) < 4.78 is 11.5. The molecule has 5 heteroatoms. The largest absolute Gasteiger partial charge is 0.347 e. The molecule has 0 radical (unpaired) electrons. The zero-order valence-corrected chi connectivity index (χ0v) is 13.3. The number of likely N-dealkylation sites (tertiary alicyclic amines) is 1. The molecule has 2 aliphatic heterocycles. The second kappa shape index (κ2) is 6.36. The van der Waals surface area contributed by atoms with Gasteiger partial charge in [0.05, 0.1) is 19.3 Å². The van der Waals surface area contributed by atoms with Crippen LogP contribution in [0, 0.1) is 6.92 Å². The fourth-order valence-electron chi connectivity index (χ4n) is 3.15. The van der Waals surface area contributed by atoms with Crippen molar-refractivity contribution in [1.29, 1.82) is 0 Å². The smallest absolute Gasteiger partial charge is 0.241 e. The summed E-state index contributed by atoms with van der Waals surface area (Å²) in [4.78, 5) is 14.7. The lowest BCUT2D eigenvalue weighted by Crippen LogP contribution is -2.51. The third-order valence-corrected chi connectivity index (χ3v) is 4.70. The zero-order valence-electron chi connectivity index (χ0n) is 13.3. The molecule has 2 saturated heterocycles. The maximum Gasteiger partial charge on any atom is 0.241 e. The highest BCUT2D eigenvalue weighted by atomic mass is 16.7. The summed E-state index contributed by atoms with van der Waals surface area (Å²) in [5.74, 6) is -0.346. The van der Waals surface area contributed by atoms with Gasteiger partial charge in [-0.3, -0.25) is 9.69 Å². The number of nitrogens with zero attached hydrogens (tertiary/aromatic N) is 1. The van der Waals surface area contributed by atoms with Gasteiger partial charge in [0.2, 0.25) is 5.91 Å². The van der Waals surface area contributed by atoms with Crippen molar-refractivity contribution in [2.75, 3.05) is 31.6 Å². The van der Waals surface area contributed by atoms with Crippen LogP contribution in [0.4, 0.5) is 5.69 Å². The number of anilines is 1. The average molecular weight is 304 g/mol. The molecule has 2 aliphatic rings. The topological polar surface area (TPSA) is 50.8 Å². The van der Waals surface area contributed by atoms with Gasteiger partial charge in [0, 0.05) is 31.6 Å². The average Bonchev–Trinajstić information content (AvgIpc) is 2.98. The van der Waals surface area contributed by atoms with E-state index in [1.165, 1.54) is 0 Å². The normalized spacial score (nSPS) is 22.6. The second-order valence-corrected chi connectivity index (χ2v) is 6.12. The number of benzene rings is 1. The Kier molecular flexibility index (Phi) is 4.47. The number of nitrogens with one attached hydrogen (secondary N) is 1. The van der Waals surface area contributed by atoms with Crippen molar-refractivity contribution in [3.05, 3.63) is 29.8 Å². The number of rotatable bonds is 3. The van der Waals surface area contributed by atoms with Crippen LogP contribution < -0.4 is 5.32 Å². The number of hydrogen-bond acceptors (Lipinski definition) is 4. The lowest BCUT2D eigenvalue weighted by molar-refractivity contribution is -0.187. The summed E-state index contributed by atoms with van der Waals surface area (Å²) >= 11 is 0. The van der Waals surface area contributed by atoms with Crippen LogP contribution in [0.1, 0.15) is 25.3 Å². The van der Waals surface area contributed by atoms with Gasteiger partial charge in [0.1, 0.15) is 0 Å². The quantitative estimate of drug-likeness (QED) is 0.930. The minimum absolute atomic E-state index is 0.0403. The van der Waals surface area contributed by atoms with E-state index in [-0.39, 0.29) is 17.7 Å². The SMILES string of the molecule is Cc1ccccc1NC(=O)C(C)N1CCC2(CC1)OCCO2. The van der Waals surface area contributed by atoms with Crippen LogP contribution in [-0.2, 0) is 14.3 Å². The summed E-state index contributed by atoms with van der Waals surface area (Å²) in [6, 6.07) is 7.69. The van der Waals surface area contributed by atoms with Crippen molar-refractivity contribution in [2.45, 2.75) is 38.5 Å². The molecule has 0 aliphatic carbocycles. The maximum atomic E-state index is 12.5. The molecule has 120 valence electrons. The fraction of sp³-hybridized carbons (Fsp3) is 0.588. The van der Waals surface area contributed by atoms with Crippen molar-refractivity contribution in [1.82, 2.24) is 4.90 Å². The van der Waals surface area contributed by atoms with Crippen LogP contribution in [0.3, 0.4) is 0 Å². The summed E-state index contributed by atoms with van der Waals surface area (Å²) in [6.07, 6.45) is 1.66. The van der Waals surface area contributed by atoms with Crippen LogP contribution in [0.5, 0.6) is 0 Å². The Labute approximate surface area is 131 Å². The van der Waals surface area contributed by atoms with Crippen LogP contribution >= 0.6 is 0 Å². The van der Waals surface area contributed by atoms with Crippen molar-refractivity contribution >= 4 is 11.6 Å². The van der Waals surface area contributed by atoms with E-state index in [4.69, 9.17) is 9.47 Å². The number of ether oxygens (including phenoxy) is 2. The van der Waals surface area contributed by atoms with Crippen LogP contribution in [0.25, 0.3) is 0 Å². The lowest BCUT2D eigenvalue weighted by Gasteiger charge is -2.39. The first-order chi connectivity index (χ1) is 10.6. The second-order valence-electron chi connectivity index (χ2n) is 6.12. The van der Waals surface area contributed by atoms with Gasteiger partial charge in [0.25, 0.3) is 0 Å². The van der Waals surface area contributed by atoms with Crippen molar-refractivity contribution < 1.29 is 14.3 Å². The molecule has 2 fully saturated rings. The number of para-hydroxylation sites is 1. The highest BCUT2D eigenvalue weighted by molar-refractivity contribution is 5.95. The van der Waals surface area contributed by atoms with Gasteiger partial charge in [-0.1, -0.05) is 18.2 Å². The molecule has 1 amide bonds. The first-order valence-electron chi connectivity index (χ1n) is 7.98. The van der Waals surface area contributed by atoms with Crippen LogP contribution in [-0.4, -0.2) is 48.9 Å². The molecular formula is C17H24N2O3. The van der Waals surface area contributed by atoms with E-state index in [1.54, 1.807) is 0 Å². The van der Waals surface area contributed by atoms with Crippen molar-refractivity contribution in [2.24, 2.45) is 0 Å². The molecule has 5 nitrogen and oxygen atoms in total. The van der Waals surface area contributed by atoms with E-state index < -0.39 is 0 Å². The predicted octanol–water partition coefficient (Wildman–Crippen LogP) is 2.16. The molecule has 1 N–H and O–H groups in total. The summed E-state index contributed by atoms with van der Waals surface area (Å²) in [6.45, 7) is 6.97. The highest BCUT2D eigenvalue weighted by Crippen LogP contribution is 2.32. The molecule has 0 bridgehead atoms. The van der Waals surface area contributed by atoms with E-state index in [0.717, 1.165) is 37.2 Å². The molecule has 22 heavy (non-hydrogen) atoms. The minimum Gasteiger partial charge on any atom is -0.347 e. The number of carbonyl (C=O) groups is 1. The monoisotopic (exact) mass is 304 g/mol. The lowest BCUT2D eigenvalue weighted by atomic mass is 10.0. The van der Waals surface area contributed by atoms with E-state index in [1.807, 2.05) is 38.1 Å². The molecule has 0 aromatic heterocycles. The Balaban J connectivity index is 1.56. The molecule has 1 aromatic carbocycles. The Morgan fingerprint density at radius 2 is 1.86 bits per heavy atom. The fourth-order valence-corrected chi connectivity index (χ4v) is 3.15. The Morgan fingerprint density at radius 3 is 2.50 bits per heavy atom. The van der Waals surface area contributed by atoms with Crippen molar-refractivity contribution in [3.63, 3.8) is 0 Å². The maximum absolute atomic E-state index is 12.5. The number of piperidine rings is 1. The standard InChI is InChI=1S/C17H24N2O3/c1-13-5-3-4-6-15(13)18-16(20)14(2)19-9-7-17(8-10-19)21-11-12-22-17/h3-6,14H,7-12H2,1-2H3,(H,18,20). The molecule has 2 heterocycles. The van der Waals surface area contributed by atoms with E-state index in [2.05, 4.69) is 10.2 Å². The van der Waals surface area contributed by atoms with E-state index >= 15 is 0 Å². The van der Waals surface area contributed by atoms with Gasteiger partial charge in [-0.15, -0.1) is 0 Å². The molecule has 1 atom stereocenters. The first-order valence-corrected chi connectivity index (χ1v) is 7.98. The van der Waals surface area contributed by atoms with E-state index in [9.17, 15) is 4.79 Å². The first kappa shape index (κ1) is 15.5. The minimum atomic E-state index is -0.386. The van der Waals surface area contributed by atoms with Gasteiger partial charge in [0.15, 0.2) is 5.79 Å². The van der Waals surface area contributed by atoms with Gasteiger partial charge < -0.3 is 14.8 Å². The summed E-state index contributed by atoms with van der Waals surface area (Å²) in [5.41, 5.74) is 1.96. The van der Waals surface area contributed by atoms with Crippen LogP contribution in [0.15, 0.2) is 24.3 Å². The van der Waals surface area contributed by atoms with Gasteiger partial charge in [-0.05, 0) is 25.5 Å². The van der Waals surface area contributed by atoms with Gasteiger partial charge >= 0.3 is 0 Å². The molecule has 1 unspecified atom stereocenters. The van der Waals surface area contributed by atoms with Crippen molar-refractivity contribution in [3.8, 4) is 0 Å². The summed E-state index contributed by atoms with van der Waals surface area (Å²) in [5, 5.41) is 3.03. The molecule has 1 aromatic rings.